The number of hydrogen-bond acceptors (Lipinski definition) is 7. The summed E-state index contributed by atoms with van der Waals surface area (Å²) in [5.74, 6) is -0.00663. The molecule has 4 rings (SSSR count). The van der Waals surface area contributed by atoms with Gasteiger partial charge in [-0.05, 0) is 58.5 Å². The molecule has 0 saturated heterocycles. The van der Waals surface area contributed by atoms with Gasteiger partial charge in [0.15, 0.2) is 5.78 Å². The SMILES string of the molecule is Cc1ncc(CCCN(C)C)cc1Nc1ncc2c(n1)C1=C(CC=C(C(F)(F)F)C=N1)C(=O)C2. The minimum absolute atomic E-state index is 0.0289. The molecule has 0 aromatic carbocycles. The number of halogens is 3. The van der Waals surface area contributed by atoms with E-state index in [4.69, 9.17) is 0 Å². The lowest BCUT2D eigenvalue weighted by Crippen LogP contribution is -2.17. The summed E-state index contributed by atoms with van der Waals surface area (Å²) >= 11 is 0. The summed E-state index contributed by atoms with van der Waals surface area (Å²) in [5.41, 5.74) is 3.00. The van der Waals surface area contributed by atoms with Crippen LogP contribution in [-0.4, -0.2) is 58.7 Å². The zero-order valence-corrected chi connectivity index (χ0v) is 19.2. The third-order valence-electron chi connectivity index (χ3n) is 5.71. The number of nitrogens with zero attached hydrogens (tertiary/aromatic N) is 5. The van der Waals surface area contributed by atoms with Crippen molar-refractivity contribution in [3.63, 3.8) is 0 Å². The molecular weight excluding hydrogens is 445 g/mol. The van der Waals surface area contributed by atoms with Crippen molar-refractivity contribution < 1.29 is 18.0 Å². The van der Waals surface area contributed by atoms with Crippen LogP contribution in [0.1, 0.15) is 35.4 Å². The molecule has 0 spiro atoms. The van der Waals surface area contributed by atoms with Crippen LogP contribution in [0.4, 0.5) is 24.8 Å². The molecule has 0 fully saturated rings. The van der Waals surface area contributed by atoms with Crippen LogP contribution in [-0.2, 0) is 17.6 Å². The van der Waals surface area contributed by atoms with Crippen molar-refractivity contribution >= 4 is 29.3 Å². The minimum atomic E-state index is -4.54. The van der Waals surface area contributed by atoms with Crippen molar-refractivity contribution in [2.45, 2.75) is 38.8 Å². The molecule has 0 radical (unpaired) electrons. The molecule has 1 aliphatic heterocycles. The van der Waals surface area contributed by atoms with E-state index in [0.29, 0.717) is 11.3 Å². The monoisotopic (exact) mass is 470 g/mol. The van der Waals surface area contributed by atoms with Gasteiger partial charge in [0.05, 0.1) is 28.3 Å². The van der Waals surface area contributed by atoms with Gasteiger partial charge in [0.2, 0.25) is 5.95 Å². The number of aromatic nitrogens is 3. The van der Waals surface area contributed by atoms with Crippen LogP contribution in [0.25, 0.3) is 5.70 Å². The summed E-state index contributed by atoms with van der Waals surface area (Å²) in [6.07, 6.45) is 2.32. The van der Waals surface area contributed by atoms with Gasteiger partial charge in [-0.1, -0.05) is 6.08 Å². The van der Waals surface area contributed by atoms with Crippen molar-refractivity contribution in [2.24, 2.45) is 4.99 Å². The average molecular weight is 470 g/mol. The lowest BCUT2D eigenvalue weighted by molar-refractivity contribution is -0.115. The third kappa shape index (κ3) is 5.22. The average Bonchev–Trinajstić information content (AvgIpc) is 3.00. The third-order valence-corrected chi connectivity index (χ3v) is 5.71. The Hall–Kier alpha value is -3.40. The molecule has 7 nitrogen and oxygen atoms in total. The molecule has 0 unspecified atom stereocenters. The van der Waals surface area contributed by atoms with Crippen molar-refractivity contribution in [3.8, 4) is 0 Å². The first kappa shape index (κ1) is 23.7. The zero-order valence-electron chi connectivity index (χ0n) is 19.2. The second-order valence-corrected chi connectivity index (χ2v) is 8.62. The number of anilines is 2. The Morgan fingerprint density at radius 2 is 1.97 bits per heavy atom. The molecule has 2 aromatic rings. The number of Topliss-reactive ketones (excluding diaryl/α,β-unsaturated/α-hetero) is 1. The number of aliphatic imine (C=N–C) groups is 1. The lowest BCUT2D eigenvalue weighted by Gasteiger charge is -2.18. The smallest absolute Gasteiger partial charge is 0.323 e. The number of pyridine rings is 1. The van der Waals surface area contributed by atoms with E-state index in [2.05, 4.69) is 30.2 Å². The van der Waals surface area contributed by atoms with Crippen molar-refractivity contribution in [1.82, 2.24) is 19.9 Å². The Balaban J connectivity index is 1.61. The van der Waals surface area contributed by atoms with E-state index < -0.39 is 11.7 Å². The molecule has 0 atom stereocenters. The predicted octanol–water partition coefficient (Wildman–Crippen LogP) is 4.22. The van der Waals surface area contributed by atoms with Gasteiger partial charge >= 0.3 is 6.18 Å². The summed E-state index contributed by atoms with van der Waals surface area (Å²) in [6, 6.07) is 2.00. The molecule has 10 heteroatoms. The molecule has 0 saturated carbocycles. The zero-order chi connectivity index (χ0) is 24.5. The first-order valence-corrected chi connectivity index (χ1v) is 10.9. The fourth-order valence-electron chi connectivity index (χ4n) is 3.85. The van der Waals surface area contributed by atoms with Gasteiger partial charge in [-0.3, -0.25) is 14.8 Å². The van der Waals surface area contributed by atoms with E-state index in [0.717, 1.165) is 48.6 Å². The van der Waals surface area contributed by atoms with Crippen LogP contribution in [0.5, 0.6) is 0 Å². The van der Waals surface area contributed by atoms with Crippen LogP contribution in [0.3, 0.4) is 0 Å². The van der Waals surface area contributed by atoms with Crippen LogP contribution >= 0.6 is 0 Å². The second kappa shape index (κ2) is 9.46. The van der Waals surface area contributed by atoms with E-state index in [1.807, 2.05) is 33.3 Å². The van der Waals surface area contributed by atoms with Crippen LogP contribution in [0.15, 0.2) is 40.7 Å². The van der Waals surface area contributed by atoms with Crippen molar-refractivity contribution in [3.05, 3.63) is 58.2 Å². The number of allylic oxidation sites excluding steroid dienone is 3. The number of hydrogen-bond donors (Lipinski definition) is 1. The van der Waals surface area contributed by atoms with Crippen LogP contribution < -0.4 is 5.32 Å². The predicted molar refractivity (Wildman–Crippen MR) is 124 cm³/mol. The maximum absolute atomic E-state index is 13.2. The summed E-state index contributed by atoms with van der Waals surface area (Å²) < 4.78 is 39.5. The summed E-state index contributed by atoms with van der Waals surface area (Å²) in [7, 11) is 4.06. The van der Waals surface area contributed by atoms with E-state index in [1.54, 1.807) is 0 Å². The number of nitrogens with one attached hydrogen (secondary N) is 1. The highest BCUT2D eigenvalue weighted by Gasteiger charge is 2.35. The van der Waals surface area contributed by atoms with Gasteiger partial charge < -0.3 is 10.2 Å². The number of rotatable bonds is 6. The summed E-state index contributed by atoms with van der Waals surface area (Å²) in [4.78, 5) is 32.0. The Morgan fingerprint density at radius 1 is 1.18 bits per heavy atom. The Kier molecular flexibility index (Phi) is 6.60. The van der Waals surface area contributed by atoms with Crippen molar-refractivity contribution in [1.29, 1.82) is 0 Å². The van der Waals surface area contributed by atoms with Gasteiger partial charge in [-0.25, -0.2) is 9.97 Å². The van der Waals surface area contributed by atoms with E-state index in [-0.39, 0.29) is 35.8 Å². The topological polar surface area (TPSA) is 83.4 Å². The van der Waals surface area contributed by atoms with E-state index in [9.17, 15) is 18.0 Å². The number of carbonyl (C=O) groups excluding carboxylic acids is 1. The Morgan fingerprint density at radius 3 is 2.71 bits per heavy atom. The van der Waals surface area contributed by atoms with E-state index >= 15 is 0 Å². The number of alkyl halides is 3. The standard InChI is InChI=1S/C24H25F3N6O/c1-14-19(9-15(11-28-14)5-4-8-33(2)3)31-23-30-12-16-10-20(34)18-7-6-17(24(25,26)27)13-29-22(18)21(16)32-23/h6,9,11-13H,4-5,7-8,10H2,1-3H3,(H,30,31,32). The molecular formula is C24H25F3N6O. The molecule has 1 aliphatic carbocycles. The summed E-state index contributed by atoms with van der Waals surface area (Å²) in [6.45, 7) is 2.83. The quantitative estimate of drug-likeness (QED) is 0.681. The molecule has 34 heavy (non-hydrogen) atoms. The van der Waals surface area contributed by atoms with Gasteiger partial charge in [0.25, 0.3) is 0 Å². The van der Waals surface area contributed by atoms with Gasteiger partial charge in [-0.2, -0.15) is 13.2 Å². The maximum Gasteiger partial charge on any atom is 0.417 e. The second-order valence-electron chi connectivity index (χ2n) is 8.62. The highest BCUT2D eigenvalue weighted by atomic mass is 19.4. The first-order chi connectivity index (χ1) is 16.1. The minimum Gasteiger partial charge on any atom is -0.323 e. The molecule has 2 aromatic heterocycles. The Bertz CT molecular complexity index is 1210. The molecule has 2 aliphatic rings. The summed E-state index contributed by atoms with van der Waals surface area (Å²) in [5, 5.41) is 3.17. The van der Waals surface area contributed by atoms with E-state index in [1.165, 1.54) is 6.20 Å². The molecule has 3 heterocycles. The number of aryl methyl sites for hydroxylation is 2. The molecule has 1 N–H and O–H groups in total. The normalized spacial score (nSPS) is 15.7. The molecule has 0 bridgehead atoms. The van der Waals surface area contributed by atoms with Crippen LogP contribution in [0, 0.1) is 6.92 Å². The lowest BCUT2D eigenvalue weighted by atomic mass is 9.91. The van der Waals surface area contributed by atoms with Crippen LogP contribution in [0.2, 0.25) is 0 Å². The fraction of sp³-hybridized carbons (Fsp3) is 0.375. The van der Waals surface area contributed by atoms with Gasteiger partial charge in [0.1, 0.15) is 0 Å². The fourth-order valence-corrected chi connectivity index (χ4v) is 3.85. The highest BCUT2D eigenvalue weighted by molar-refractivity contribution is 6.08. The number of fused-ring (bicyclic) bond motifs is 2. The van der Waals surface area contributed by atoms with Gasteiger partial charge in [0, 0.05) is 36.2 Å². The van der Waals surface area contributed by atoms with Gasteiger partial charge in [-0.15, -0.1) is 0 Å². The number of carbonyl (C=O) groups is 1. The largest absolute Gasteiger partial charge is 0.417 e. The van der Waals surface area contributed by atoms with Crippen molar-refractivity contribution in [2.75, 3.05) is 26.0 Å². The maximum atomic E-state index is 13.2. The molecule has 0 amide bonds. The number of ketones is 1. The molecule has 178 valence electrons. The first-order valence-electron chi connectivity index (χ1n) is 10.9. The highest BCUT2D eigenvalue weighted by Crippen LogP contribution is 2.35. The Labute approximate surface area is 195 Å².